The van der Waals surface area contributed by atoms with Crippen LogP contribution in [0.1, 0.15) is 0 Å². The molecule has 0 amide bonds. The van der Waals surface area contributed by atoms with Crippen LogP contribution in [0.5, 0.6) is 0 Å². The van der Waals surface area contributed by atoms with Crippen LogP contribution in [0.25, 0.3) is 117 Å². The Morgan fingerprint density at radius 2 is 0.722 bits per heavy atom. The fourth-order valence-corrected chi connectivity index (χ4v) is 11.2. The monoisotopic (exact) mass is 718 g/mol. The molecular formula is C52H30S2. The second-order valence-electron chi connectivity index (χ2n) is 14.4. The third-order valence-electron chi connectivity index (χ3n) is 11.4. The van der Waals surface area contributed by atoms with Gasteiger partial charge in [0.05, 0.1) is 0 Å². The van der Waals surface area contributed by atoms with Gasteiger partial charge in [-0.1, -0.05) is 146 Å². The summed E-state index contributed by atoms with van der Waals surface area (Å²) in [6, 6.07) is 68.0. The van der Waals surface area contributed by atoms with Gasteiger partial charge in [-0.05, 0) is 113 Å². The SMILES string of the molecule is c1ccc2cc3c(cc2c1)sc1ccc(-c2ccc4c(c2)sc2cc(-c5c6ccccc6c(-c6cccc7ccccc67)c6ccccc56)ccc24)cc13. The molecule has 10 aromatic carbocycles. The Kier molecular flexibility index (Phi) is 6.48. The van der Waals surface area contributed by atoms with Crippen molar-refractivity contribution >= 4 is 106 Å². The Bertz CT molecular complexity index is 3440. The fraction of sp³-hybridized carbons (Fsp3) is 0. The van der Waals surface area contributed by atoms with Crippen molar-refractivity contribution in [2.45, 2.75) is 0 Å². The van der Waals surface area contributed by atoms with Crippen molar-refractivity contribution in [3.63, 3.8) is 0 Å². The second-order valence-corrected chi connectivity index (χ2v) is 16.6. The first kappa shape index (κ1) is 30.2. The number of fused-ring (bicyclic) bond motifs is 10. The fourth-order valence-electron chi connectivity index (χ4n) is 8.93. The predicted molar refractivity (Wildman–Crippen MR) is 239 cm³/mol. The van der Waals surface area contributed by atoms with Crippen molar-refractivity contribution < 1.29 is 0 Å². The Morgan fingerprint density at radius 1 is 0.241 bits per heavy atom. The van der Waals surface area contributed by atoms with Gasteiger partial charge in [0.15, 0.2) is 0 Å². The Balaban J connectivity index is 1.02. The van der Waals surface area contributed by atoms with Crippen LogP contribution in [-0.4, -0.2) is 0 Å². The minimum absolute atomic E-state index is 1.26. The van der Waals surface area contributed by atoms with E-state index in [1.54, 1.807) is 0 Å². The van der Waals surface area contributed by atoms with Crippen molar-refractivity contribution in [1.82, 2.24) is 0 Å². The minimum Gasteiger partial charge on any atom is -0.135 e. The number of benzene rings is 10. The zero-order chi connectivity index (χ0) is 35.3. The van der Waals surface area contributed by atoms with Crippen LogP contribution in [0.15, 0.2) is 182 Å². The van der Waals surface area contributed by atoms with Crippen molar-refractivity contribution in [2.75, 3.05) is 0 Å². The molecule has 54 heavy (non-hydrogen) atoms. The van der Waals surface area contributed by atoms with Gasteiger partial charge in [0.25, 0.3) is 0 Å². The molecule has 0 aliphatic rings. The standard InChI is InChI=1S/C52H30S2/c1-2-12-33-28-50-46(26-32(33)11-1)45-27-34(22-25-47(45)53-50)35-20-23-38-39-24-21-36(30-49(39)54-48(38)29-35)51-41-15-5-7-17-43(41)52(44-18-8-6-16-42(44)51)40-19-9-13-31-10-3-4-14-37(31)40/h1-30H. The highest BCUT2D eigenvalue weighted by molar-refractivity contribution is 7.26. The number of thiophene rings is 2. The highest BCUT2D eigenvalue weighted by Crippen LogP contribution is 2.47. The number of hydrogen-bond acceptors (Lipinski definition) is 2. The molecule has 0 saturated carbocycles. The topological polar surface area (TPSA) is 0 Å². The molecule has 250 valence electrons. The Labute approximate surface area is 319 Å². The van der Waals surface area contributed by atoms with E-state index >= 15 is 0 Å². The van der Waals surface area contributed by atoms with E-state index in [0.29, 0.717) is 0 Å². The van der Waals surface area contributed by atoms with Crippen molar-refractivity contribution in [3.05, 3.63) is 182 Å². The molecule has 0 saturated heterocycles. The van der Waals surface area contributed by atoms with Gasteiger partial charge in [-0.2, -0.15) is 0 Å². The lowest BCUT2D eigenvalue weighted by molar-refractivity contribution is 1.69. The Hall–Kier alpha value is -6.32. The van der Waals surface area contributed by atoms with Crippen LogP contribution >= 0.6 is 22.7 Å². The molecular weight excluding hydrogens is 689 g/mol. The summed E-state index contributed by atoms with van der Waals surface area (Å²) in [5.74, 6) is 0. The first-order valence-electron chi connectivity index (χ1n) is 18.5. The normalized spacial score (nSPS) is 12.1. The largest absolute Gasteiger partial charge is 0.135 e. The quantitative estimate of drug-likeness (QED) is 0.160. The molecule has 0 unspecified atom stereocenters. The summed E-state index contributed by atoms with van der Waals surface area (Å²) in [5, 5.41) is 15.6. The molecule has 0 radical (unpaired) electrons. The van der Waals surface area contributed by atoms with Crippen LogP contribution in [0.3, 0.4) is 0 Å². The summed E-state index contributed by atoms with van der Waals surface area (Å²) in [5.41, 5.74) is 7.67. The van der Waals surface area contributed by atoms with E-state index in [9.17, 15) is 0 Å². The van der Waals surface area contributed by atoms with Crippen molar-refractivity contribution in [3.8, 4) is 33.4 Å². The Morgan fingerprint density at radius 3 is 1.44 bits per heavy atom. The second kappa shape index (κ2) is 11.6. The molecule has 2 heteroatoms. The molecule has 0 atom stereocenters. The average molecular weight is 719 g/mol. The summed E-state index contributed by atoms with van der Waals surface area (Å²) < 4.78 is 5.32. The average Bonchev–Trinajstić information content (AvgIpc) is 3.78. The summed E-state index contributed by atoms with van der Waals surface area (Å²) >= 11 is 3.79. The third-order valence-corrected chi connectivity index (χ3v) is 13.7. The number of rotatable bonds is 3. The van der Waals surface area contributed by atoms with Crippen molar-refractivity contribution in [2.24, 2.45) is 0 Å². The van der Waals surface area contributed by atoms with E-state index in [0.717, 1.165) is 0 Å². The maximum absolute atomic E-state index is 2.43. The molecule has 0 fully saturated rings. The summed E-state index contributed by atoms with van der Waals surface area (Å²) in [4.78, 5) is 0. The molecule has 0 aliphatic heterocycles. The van der Waals surface area contributed by atoms with E-state index in [1.807, 2.05) is 22.7 Å². The number of hydrogen-bond donors (Lipinski definition) is 0. The molecule has 0 aliphatic carbocycles. The van der Waals surface area contributed by atoms with Gasteiger partial charge >= 0.3 is 0 Å². The van der Waals surface area contributed by atoms with Gasteiger partial charge in [-0.25, -0.2) is 0 Å². The smallest absolute Gasteiger partial charge is 0.0361 e. The zero-order valence-electron chi connectivity index (χ0n) is 29.1. The third kappa shape index (κ3) is 4.48. The highest BCUT2D eigenvalue weighted by Gasteiger charge is 2.19. The molecule has 12 rings (SSSR count). The van der Waals surface area contributed by atoms with Gasteiger partial charge in [0.2, 0.25) is 0 Å². The van der Waals surface area contributed by atoms with Crippen LogP contribution in [0, 0.1) is 0 Å². The van der Waals surface area contributed by atoms with Crippen molar-refractivity contribution in [1.29, 1.82) is 0 Å². The maximum Gasteiger partial charge on any atom is 0.0361 e. The van der Waals surface area contributed by atoms with Gasteiger partial charge in [0.1, 0.15) is 0 Å². The molecule has 2 aromatic heterocycles. The van der Waals surface area contributed by atoms with Gasteiger partial charge < -0.3 is 0 Å². The lowest BCUT2D eigenvalue weighted by Gasteiger charge is -2.18. The lowest BCUT2D eigenvalue weighted by Crippen LogP contribution is -1.91. The highest BCUT2D eigenvalue weighted by atomic mass is 32.1. The predicted octanol–water partition coefficient (Wildman–Crippen LogP) is 16.0. The van der Waals surface area contributed by atoms with E-state index in [-0.39, 0.29) is 0 Å². The van der Waals surface area contributed by atoms with Crippen LogP contribution < -0.4 is 0 Å². The maximum atomic E-state index is 2.43. The summed E-state index contributed by atoms with van der Waals surface area (Å²) in [6.45, 7) is 0. The van der Waals surface area contributed by atoms with E-state index in [2.05, 4.69) is 182 Å². The van der Waals surface area contributed by atoms with E-state index < -0.39 is 0 Å². The van der Waals surface area contributed by atoms with E-state index in [4.69, 9.17) is 0 Å². The zero-order valence-corrected chi connectivity index (χ0v) is 30.8. The molecule has 12 aromatic rings. The molecule has 0 bridgehead atoms. The van der Waals surface area contributed by atoms with Gasteiger partial charge in [0, 0.05) is 40.3 Å². The van der Waals surface area contributed by atoms with Crippen LogP contribution in [0.4, 0.5) is 0 Å². The van der Waals surface area contributed by atoms with Gasteiger partial charge in [-0.3, -0.25) is 0 Å². The van der Waals surface area contributed by atoms with Crippen LogP contribution in [0.2, 0.25) is 0 Å². The van der Waals surface area contributed by atoms with Gasteiger partial charge in [-0.15, -0.1) is 22.7 Å². The minimum atomic E-state index is 1.26. The molecule has 0 N–H and O–H groups in total. The first-order chi connectivity index (χ1) is 26.7. The van der Waals surface area contributed by atoms with E-state index in [1.165, 1.54) is 117 Å². The molecule has 0 spiro atoms. The summed E-state index contributed by atoms with van der Waals surface area (Å²) in [6.07, 6.45) is 0. The first-order valence-corrected chi connectivity index (χ1v) is 20.1. The lowest BCUT2D eigenvalue weighted by atomic mass is 9.84. The molecule has 2 heterocycles. The summed E-state index contributed by atoms with van der Waals surface area (Å²) in [7, 11) is 0. The molecule has 0 nitrogen and oxygen atoms in total. The van der Waals surface area contributed by atoms with Crippen LogP contribution in [-0.2, 0) is 0 Å².